The van der Waals surface area contributed by atoms with Gasteiger partial charge < -0.3 is 5.73 Å². The normalized spacial score (nSPS) is 30.5. The summed E-state index contributed by atoms with van der Waals surface area (Å²) in [6.07, 6.45) is 1.21. The average Bonchev–Trinajstić information content (AvgIpc) is 2.43. The third-order valence-corrected chi connectivity index (χ3v) is 4.58. The van der Waals surface area contributed by atoms with Crippen LogP contribution >= 0.6 is 11.3 Å². The highest BCUT2D eigenvalue weighted by atomic mass is 32.1. The molecular formula is C10H16N2S. The van der Waals surface area contributed by atoms with Gasteiger partial charge in [-0.2, -0.15) is 0 Å². The van der Waals surface area contributed by atoms with E-state index in [0.717, 1.165) is 6.54 Å². The maximum atomic E-state index is 5.88. The number of nitrogens with two attached hydrogens (primary N) is 1. The Morgan fingerprint density at radius 1 is 1.62 bits per heavy atom. The minimum atomic E-state index is 0.234. The highest BCUT2D eigenvalue weighted by Gasteiger charge is 2.62. The second-order valence-electron chi connectivity index (χ2n) is 4.61. The first kappa shape index (κ1) is 9.16. The highest BCUT2D eigenvalue weighted by Crippen LogP contribution is 2.64. The van der Waals surface area contributed by atoms with Crippen molar-refractivity contribution in [1.82, 2.24) is 4.98 Å². The zero-order valence-corrected chi connectivity index (χ0v) is 9.24. The molecule has 0 bridgehead atoms. The molecule has 1 atom stereocenters. The van der Waals surface area contributed by atoms with Crippen LogP contribution < -0.4 is 5.73 Å². The fourth-order valence-corrected chi connectivity index (χ4v) is 3.50. The topological polar surface area (TPSA) is 38.9 Å². The number of aryl methyl sites for hydroxylation is 1. The van der Waals surface area contributed by atoms with Gasteiger partial charge in [-0.15, -0.1) is 11.3 Å². The van der Waals surface area contributed by atoms with E-state index in [9.17, 15) is 0 Å². The number of aromatic nitrogens is 1. The van der Waals surface area contributed by atoms with E-state index in [2.05, 4.69) is 25.8 Å². The summed E-state index contributed by atoms with van der Waals surface area (Å²) < 4.78 is 0. The van der Waals surface area contributed by atoms with Crippen molar-refractivity contribution in [2.45, 2.75) is 32.6 Å². The number of rotatable bonds is 2. The largest absolute Gasteiger partial charge is 0.330 e. The lowest BCUT2D eigenvalue weighted by Crippen LogP contribution is -2.25. The van der Waals surface area contributed by atoms with Crippen LogP contribution in [0.3, 0.4) is 0 Å². The summed E-state index contributed by atoms with van der Waals surface area (Å²) in [5.74, 6) is 0. The first-order valence-electron chi connectivity index (χ1n) is 4.64. The minimum absolute atomic E-state index is 0.234. The van der Waals surface area contributed by atoms with Gasteiger partial charge in [0.2, 0.25) is 0 Å². The fraction of sp³-hybridized carbons (Fsp3) is 0.700. The Morgan fingerprint density at radius 3 is 2.54 bits per heavy atom. The molecule has 1 aliphatic carbocycles. The van der Waals surface area contributed by atoms with Gasteiger partial charge in [0.05, 0.1) is 11.2 Å². The van der Waals surface area contributed by atoms with Gasteiger partial charge in [0.25, 0.3) is 0 Å². The van der Waals surface area contributed by atoms with Gasteiger partial charge in [0, 0.05) is 16.8 Å². The molecule has 0 radical (unpaired) electrons. The van der Waals surface area contributed by atoms with Gasteiger partial charge in [0.1, 0.15) is 0 Å². The van der Waals surface area contributed by atoms with Crippen molar-refractivity contribution >= 4 is 11.3 Å². The summed E-state index contributed by atoms with van der Waals surface area (Å²) in [6, 6.07) is 0. The van der Waals surface area contributed by atoms with Gasteiger partial charge >= 0.3 is 0 Å². The number of hydrogen-bond acceptors (Lipinski definition) is 3. The molecule has 1 fully saturated rings. The monoisotopic (exact) mass is 196 g/mol. The summed E-state index contributed by atoms with van der Waals surface area (Å²) in [5.41, 5.74) is 9.59. The quantitative estimate of drug-likeness (QED) is 0.786. The van der Waals surface area contributed by atoms with Crippen molar-refractivity contribution in [3.05, 3.63) is 16.1 Å². The van der Waals surface area contributed by atoms with E-state index in [1.54, 1.807) is 11.3 Å². The minimum Gasteiger partial charge on any atom is -0.330 e. The number of thiazole rings is 1. The van der Waals surface area contributed by atoms with Crippen LogP contribution in [0.15, 0.2) is 5.51 Å². The highest BCUT2D eigenvalue weighted by molar-refractivity contribution is 7.10. The lowest BCUT2D eigenvalue weighted by Gasteiger charge is -2.17. The van der Waals surface area contributed by atoms with Crippen molar-refractivity contribution < 1.29 is 0 Å². The van der Waals surface area contributed by atoms with Gasteiger partial charge in [0.15, 0.2) is 0 Å². The van der Waals surface area contributed by atoms with Crippen LogP contribution in [0.25, 0.3) is 0 Å². The van der Waals surface area contributed by atoms with Crippen molar-refractivity contribution in [2.24, 2.45) is 11.1 Å². The maximum Gasteiger partial charge on any atom is 0.0797 e. The molecule has 2 rings (SSSR count). The summed E-state index contributed by atoms with van der Waals surface area (Å²) in [7, 11) is 0. The molecule has 0 spiro atoms. The molecule has 1 heterocycles. The van der Waals surface area contributed by atoms with Crippen LogP contribution in [0.2, 0.25) is 0 Å². The van der Waals surface area contributed by atoms with Gasteiger partial charge in [-0.05, 0) is 18.8 Å². The predicted octanol–water partition coefficient (Wildman–Crippen LogP) is 2.08. The molecule has 1 unspecified atom stereocenters. The molecule has 1 saturated carbocycles. The molecular weight excluding hydrogens is 180 g/mol. The van der Waals surface area contributed by atoms with Gasteiger partial charge in [-0.25, -0.2) is 4.98 Å². The molecule has 1 aromatic rings. The summed E-state index contributed by atoms with van der Waals surface area (Å²) >= 11 is 1.75. The molecule has 3 heteroatoms. The van der Waals surface area contributed by atoms with Gasteiger partial charge in [-0.3, -0.25) is 0 Å². The lowest BCUT2D eigenvalue weighted by molar-refractivity contribution is 0.507. The predicted molar refractivity (Wildman–Crippen MR) is 56.0 cm³/mol. The Kier molecular flexibility index (Phi) is 1.79. The fourth-order valence-electron chi connectivity index (χ4n) is 2.30. The lowest BCUT2D eigenvalue weighted by atomic mass is 9.93. The van der Waals surface area contributed by atoms with Crippen molar-refractivity contribution in [2.75, 3.05) is 6.54 Å². The van der Waals surface area contributed by atoms with Crippen molar-refractivity contribution in [1.29, 1.82) is 0 Å². The maximum absolute atomic E-state index is 5.88. The SMILES string of the molecule is Cc1ncsc1C1(CN)CC1(C)C. The Hall–Kier alpha value is -0.410. The Morgan fingerprint density at radius 2 is 2.23 bits per heavy atom. The van der Waals surface area contributed by atoms with Crippen LogP contribution in [0.1, 0.15) is 30.8 Å². The molecule has 0 aliphatic heterocycles. The molecule has 2 nitrogen and oxygen atoms in total. The first-order valence-corrected chi connectivity index (χ1v) is 5.52. The molecule has 72 valence electrons. The zero-order valence-electron chi connectivity index (χ0n) is 8.42. The van der Waals surface area contributed by atoms with Crippen LogP contribution in [0.4, 0.5) is 0 Å². The summed E-state index contributed by atoms with van der Waals surface area (Å²) in [6.45, 7) is 7.42. The molecule has 0 saturated heterocycles. The van der Waals surface area contributed by atoms with E-state index in [4.69, 9.17) is 5.73 Å². The van der Waals surface area contributed by atoms with Gasteiger partial charge in [-0.1, -0.05) is 13.8 Å². The van der Waals surface area contributed by atoms with Crippen LogP contribution in [-0.2, 0) is 5.41 Å². The Bertz CT molecular complexity index is 329. The third-order valence-electron chi connectivity index (χ3n) is 3.44. The third kappa shape index (κ3) is 1.07. The molecule has 1 aromatic heterocycles. The number of nitrogens with zero attached hydrogens (tertiary/aromatic N) is 1. The van der Waals surface area contributed by atoms with Crippen LogP contribution in [0, 0.1) is 12.3 Å². The molecule has 13 heavy (non-hydrogen) atoms. The standard InChI is InChI=1S/C10H16N2S/c1-7-8(13-6-12-7)10(5-11)4-9(10,2)3/h6H,4-5,11H2,1-3H3. The van der Waals surface area contributed by atoms with E-state index in [-0.39, 0.29) is 5.41 Å². The molecule has 1 aliphatic rings. The first-order chi connectivity index (χ1) is 6.03. The summed E-state index contributed by atoms with van der Waals surface area (Å²) in [4.78, 5) is 5.70. The Labute approximate surface area is 83.2 Å². The van der Waals surface area contributed by atoms with E-state index < -0.39 is 0 Å². The second-order valence-corrected chi connectivity index (χ2v) is 5.47. The number of hydrogen-bond donors (Lipinski definition) is 1. The molecule has 0 amide bonds. The van der Waals surface area contributed by atoms with Crippen LogP contribution in [-0.4, -0.2) is 11.5 Å². The van der Waals surface area contributed by atoms with E-state index >= 15 is 0 Å². The summed E-state index contributed by atoms with van der Waals surface area (Å²) in [5, 5.41) is 0. The van der Waals surface area contributed by atoms with E-state index in [1.165, 1.54) is 17.0 Å². The van der Waals surface area contributed by atoms with Crippen molar-refractivity contribution in [3.63, 3.8) is 0 Å². The molecule has 0 aromatic carbocycles. The zero-order chi connectivity index (χ0) is 9.69. The van der Waals surface area contributed by atoms with Crippen molar-refractivity contribution in [3.8, 4) is 0 Å². The average molecular weight is 196 g/mol. The smallest absolute Gasteiger partial charge is 0.0797 e. The second kappa shape index (κ2) is 2.55. The Balaban J connectivity index is 2.41. The van der Waals surface area contributed by atoms with Crippen LogP contribution in [0.5, 0.6) is 0 Å². The van der Waals surface area contributed by atoms with E-state index in [1.807, 2.05) is 5.51 Å². The van der Waals surface area contributed by atoms with E-state index in [0.29, 0.717) is 5.41 Å². The molecule has 2 N–H and O–H groups in total.